The van der Waals surface area contributed by atoms with E-state index in [-0.39, 0.29) is 17.3 Å². The molecule has 1 amide bonds. The first-order chi connectivity index (χ1) is 9.74. The third-order valence-corrected chi connectivity index (χ3v) is 3.16. The highest BCUT2D eigenvalue weighted by atomic mass is 16.5. The molecule has 0 aromatic carbocycles. The van der Waals surface area contributed by atoms with E-state index in [4.69, 9.17) is 4.52 Å². The van der Waals surface area contributed by atoms with Crippen LogP contribution in [0.2, 0.25) is 0 Å². The fourth-order valence-electron chi connectivity index (χ4n) is 1.89. The van der Waals surface area contributed by atoms with Crippen LogP contribution < -0.4 is 11.0 Å². The minimum atomic E-state index is -0.334. The van der Waals surface area contributed by atoms with Gasteiger partial charge in [-0.1, -0.05) is 5.16 Å². The van der Waals surface area contributed by atoms with Crippen molar-refractivity contribution < 1.29 is 9.32 Å². The first kappa shape index (κ1) is 12.6. The molecule has 7 nitrogen and oxygen atoms in total. The maximum absolute atomic E-state index is 11.8. The van der Waals surface area contributed by atoms with Gasteiger partial charge in [-0.2, -0.15) is 0 Å². The van der Waals surface area contributed by atoms with Crippen LogP contribution in [-0.4, -0.2) is 27.2 Å². The fourth-order valence-corrected chi connectivity index (χ4v) is 1.89. The number of carbonyl (C=O) groups is 1. The zero-order valence-electron chi connectivity index (χ0n) is 10.8. The smallest absolute Gasteiger partial charge is 0.347 e. The monoisotopic (exact) mass is 274 g/mol. The van der Waals surface area contributed by atoms with Crippen LogP contribution in [0.4, 0.5) is 0 Å². The van der Waals surface area contributed by atoms with Crippen molar-refractivity contribution in [2.75, 3.05) is 6.54 Å². The topological polar surface area (TPSA) is 90.0 Å². The minimum absolute atomic E-state index is 0.283. The van der Waals surface area contributed by atoms with Gasteiger partial charge in [0.25, 0.3) is 5.91 Å². The van der Waals surface area contributed by atoms with E-state index in [1.54, 1.807) is 18.3 Å². The normalized spacial score (nSPS) is 14.2. The van der Waals surface area contributed by atoms with Crippen LogP contribution in [0.15, 0.2) is 33.8 Å². The average molecular weight is 274 g/mol. The maximum Gasteiger partial charge on any atom is 0.347 e. The van der Waals surface area contributed by atoms with Gasteiger partial charge >= 0.3 is 5.69 Å². The molecule has 0 spiro atoms. The lowest BCUT2D eigenvalue weighted by atomic mass is 10.3. The third kappa shape index (κ3) is 2.76. The predicted molar refractivity (Wildman–Crippen MR) is 69.3 cm³/mol. The van der Waals surface area contributed by atoms with Crippen molar-refractivity contribution in [1.82, 2.24) is 20.0 Å². The van der Waals surface area contributed by atoms with Gasteiger partial charge in [-0.25, -0.2) is 9.78 Å². The number of nitrogens with zero attached hydrogens (tertiary/aromatic N) is 3. The van der Waals surface area contributed by atoms with Crippen molar-refractivity contribution in [2.24, 2.45) is 0 Å². The highest BCUT2D eigenvalue weighted by Crippen LogP contribution is 2.40. The molecule has 0 radical (unpaired) electrons. The van der Waals surface area contributed by atoms with E-state index in [2.05, 4.69) is 15.5 Å². The van der Waals surface area contributed by atoms with E-state index < -0.39 is 0 Å². The van der Waals surface area contributed by atoms with Gasteiger partial charge in [0.15, 0.2) is 5.69 Å². The van der Waals surface area contributed by atoms with Crippen LogP contribution in [0.5, 0.6) is 0 Å². The summed E-state index contributed by atoms with van der Waals surface area (Å²) in [5.74, 6) is 0.911. The van der Waals surface area contributed by atoms with Gasteiger partial charge in [-0.3, -0.25) is 9.36 Å². The van der Waals surface area contributed by atoms with Crippen molar-refractivity contribution >= 4 is 5.91 Å². The van der Waals surface area contributed by atoms with E-state index >= 15 is 0 Å². The molecular formula is C13H14N4O3. The second-order valence-corrected chi connectivity index (χ2v) is 4.74. The molecule has 2 heterocycles. The van der Waals surface area contributed by atoms with Crippen molar-refractivity contribution in [3.05, 3.63) is 46.5 Å². The molecule has 0 unspecified atom stereocenters. The van der Waals surface area contributed by atoms with Gasteiger partial charge < -0.3 is 9.84 Å². The Kier molecular flexibility index (Phi) is 3.32. The number of nitrogens with one attached hydrogen (secondary N) is 1. The molecule has 2 aromatic rings. The summed E-state index contributed by atoms with van der Waals surface area (Å²) in [6.45, 7) is 0.696. The summed E-state index contributed by atoms with van der Waals surface area (Å²) in [4.78, 5) is 26.8. The zero-order chi connectivity index (χ0) is 13.9. The standard InChI is InChI=1S/C13H14N4O3/c18-12(10-8-11(20-16-10)9-2-3-9)14-5-7-17-6-1-4-15-13(17)19/h1,4,6,8-9H,2-3,5,7H2,(H,14,18). The molecule has 1 saturated carbocycles. The molecule has 0 aliphatic heterocycles. The Hall–Kier alpha value is -2.44. The van der Waals surface area contributed by atoms with Crippen molar-refractivity contribution in [1.29, 1.82) is 0 Å². The Morgan fingerprint density at radius 3 is 3.10 bits per heavy atom. The van der Waals surface area contributed by atoms with Crippen molar-refractivity contribution in [3.8, 4) is 0 Å². The fraction of sp³-hybridized carbons (Fsp3) is 0.385. The number of rotatable bonds is 5. The van der Waals surface area contributed by atoms with Gasteiger partial charge in [-0.05, 0) is 18.9 Å². The average Bonchev–Trinajstić information content (AvgIpc) is 3.18. The predicted octanol–water partition coefficient (Wildman–Crippen LogP) is 0.539. The molecule has 1 fully saturated rings. The summed E-state index contributed by atoms with van der Waals surface area (Å²) in [7, 11) is 0. The summed E-state index contributed by atoms with van der Waals surface area (Å²) in [6, 6.07) is 3.35. The summed E-state index contributed by atoms with van der Waals surface area (Å²) in [5.41, 5.74) is -0.0513. The number of aromatic nitrogens is 3. The molecule has 7 heteroatoms. The molecule has 2 aromatic heterocycles. The van der Waals surface area contributed by atoms with Gasteiger partial charge in [0.1, 0.15) is 5.76 Å². The quantitative estimate of drug-likeness (QED) is 0.859. The minimum Gasteiger partial charge on any atom is -0.360 e. The summed E-state index contributed by atoms with van der Waals surface area (Å²) >= 11 is 0. The zero-order valence-corrected chi connectivity index (χ0v) is 10.8. The summed E-state index contributed by atoms with van der Waals surface area (Å²) in [5, 5.41) is 6.45. The Bertz CT molecular complexity index is 672. The highest BCUT2D eigenvalue weighted by Gasteiger charge is 2.28. The number of amides is 1. The van der Waals surface area contributed by atoms with E-state index in [0.29, 0.717) is 19.0 Å². The van der Waals surface area contributed by atoms with Gasteiger partial charge in [0.2, 0.25) is 0 Å². The number of hydrogen-bond acceptors (Lipinski definition) is 5. The summed E-state index contributed by atoms with van der Waals surface area (Å²) in [6.07, 6.45) is 5.26. The molecule has 20 heavy (non-hydrogen) atoms. The van der Waals surface area contributed by atoms with Gasteiger partial charge in [-0.15, -0.1) is 0 Å². The number of hydrogen-bond donors (Lipinski definition) is 1. The summed E-state index contributed by atoms with van der Waals surface area (Å²) < 4.78 is 6.55. The van der Waals surface area contributed by atoms with Gasteiger partial charge in [0, 0.05) is 37.5 Å². The van der Waals surface area contributed by atoms with Gasteiger partial charge in [0.05, 0.1) is 0 Å². The first-order valence-corrected chi connectivity index (χ1v) is 6.50. The van der Waals surface area contributed by atoms with Crippen LogP contribution in [0.3, 0.4) is 0 Å². The molecule has 1 aliphatic carbocycles. The molecule has 0 atom stereocenters. The van der Waals surface area contributed by atoms with Crippen LogP contribution in [-0.2, 0) is 6.54 Å². The van der Waals surface area contributed by atoms with Crippen molar-refractivity contribution in [2.45, 2.75) is 25.3 Å². The molecule has 0 saturated heterocycles. The Morgan fingerprint density at radius 2 is 2.35 bits per heavy atom. The van der Waals surface area contributed by atoms with E-state index in [1.807, 2.05) is 0 Å². The SMILES string of the molecule is O=C(NCCn1cccnc1=O)c1cc(C2CC2)on1. The maximum atomic E-state index is 11.8. The van der Waals surface area contributed by atoms with Crippen LogP contribution >= 0.6 is 0 Å². The second-order valence-electron chi connectivity index (χ2n) is 4.74. The van der Waals surface area contributed by atoms with E-state index in [0.717, 1.165) is 18.6 Å². The van der Waals surface area contributed by atoms with E-state index in [1.165, 1.54) is 10.8 Å². The molecule has 1 aliphatic rings. The van der Waals surface area contributed by atoms with Crippen LogP contribution in [0, 0.1) is 0 Å². The lowest BCUT2D eigenvalue weighted by molar-refractivity contribution is 0.0943. The molecule has 104 valence electrons. The lowest BCUT2D eigenvalue weighted by Crippen LogP contribution is -2.31. The Balaban J connectivity index is 1.54. The highest BCUT2D eigenvalue weighted by molar-refractivity contribution is 5.92. The van der Waals surface area contributed by atoms with Crippen LogP contribution in [0.1, 0.15) is 35.0 Å². The Labute approximate surface area is 114 Å². The van der Waals surface area contributed by atoms with Crippen molar-refractivity contribution in [3.63, 3.8) is 0 Å². The molecular weight excluding hydrogens is 260 g/mol. The molecule has 1 N–H and O–H groups in total. The Morgan fingerprint density at radius 1 is 1.50 bits per heavy atom. The van der Waals surface area contributed by atoms with E-state index in [9.17, 15) is 9.59 Å². The third-order valence-electron chi connectivity index (χ3n) is 3.16. The second kappa shape index (κ2) is 5.28. The first-order valence-electron chi connectivity index (χ1n) is 6.50. The molecule has 0 bridgehead atoms. The largest absolute Gasteiger partial charge is 0.360 e. The van der Waals surface area contributed by atoms with Crippen LogP contribution in [0.25, 0.3) is 0 Å². The molecule has 3 rings (SSSR count). The number of carbonyl (C=O) groups excluding carboxylic acids is 1. The lowest BCUT2D eigenvalue weighted by Gasteiger charge is -2.04.